The molecule has 0 aliphatic carbocycles. The summed E-state index contributed by atoms with van der Waals surface area (Å²) in [6.07, 6.45) is 4.05. The molecule has 1 rings (SSSR count). The summed E-state index contributed by atoms with van der Waals surface area (Å²) in [7, 11) is 0. The summed E-state index contributed by atoms with van der Waals surface area (Å²) in [6.45, 7) is 2.00. The number of hydrogen-bond acceptors (Lipinski definition) is 1. The van der Waals surface area contributed by atoms with Crippen molar-refractivity contribution in [2.24, 2.45) is 0 Å². The van der Waals surface area contributed by atoms with Crippen LogP contribution in [-0.2, 0) is 0 Å². The average Bonchev–Trinajstić information content (AvgIpc) is 1.94. The minimum absolute atomic E-state index is 1.03. The molecule has 0 aliphatic heterocycles. The van der Waals surface area contributed by atoms with E-state index in [0.717, 1.165) is 4.90 Å². The molecule has 0 heterocycles. The smallest absolute Gasteiger partial charge is 0.0112 e. The molecule has 1 aromatic rings. The van der Waals surface area contributed by atoms with Gasteiger partial charge in [-0.1, -0.05) is 30.4 Å². The predicted octanol–water partition coefficient (Wildman–Crippen LogP) is 3.01. The van der Waals surface area contributed by atoms with E-state index in [1.54, 1.807) is 0 Å². The van der Waals surface area contributed by atoms with E-state index in [1.165, 1.54) is 5.56 Å². The number of rotatable bonds is 1. The molecular formula is C9H10S. The Morgan fingerprint density at radius 1 is 1.30 bits per heavy atom. The van der Waals surface area contributed by atoms with Crippen LogP contribution in [0.3, 0.4) is 0 Å². The second-order valence-corrected chi connectivity index (χ2v) is 2.54. The molecule has 0 aromatic heterocycles. The summed E-state index contributed by atoms with van der Waals surface area (Å²) >= 11 is 4.28. The lowest BCUT2D eigenvalue weighted by molar-refractivity contribution is 1.43. The third-order valence-electron chi connectivity index (χ3n) is 1.28. The van der Waals surface area contributed by atoms with Gasteiger partial charge in [-0.3, -0.25) is 0 Å². The third kappa shape index (κ3) is 1.64. The van der Waals surface area contributed by atoms with Crippen molar-refractivity contribution in [1.29, 1.82) is 0 Å². The van der Waals surface area contributed by atoms with Crippen LogP contribution in [-0.4, -0.2) is 0 Å². The van der Waals surface area contributed by atoms with Crippen molar-refractivity contribution in [3.8, 4) is 0 Å². The van der Waals surface area contributed by atoms with E-state index in [2.05, 4.69) is 12.6 Å². The SMILES string of the molecule is C/C=C\c1ccccc1S. The Morgan fingerprint density at radius 3 is 2.60 bits per heavy atom. The van der Waals surface area contributed by atoms with Crippen LogP contribution in [0.25, 0.3) is 6.08 Å². The molecule has 0 bridgehead atoms. The van der Waals surface area contributed by atoms with Crippen molar-refractivity contribution in [1.82, 2.24) is 0 Å². The normalized spacial score (nSPS) is 10.6. The first-order chi connectivity index (χ1) is 4.84. The second-order valence-electron chi connectivity index (χ2n) is 2.06. The van der Waals surface area contributed by atoms with Gasteiger partial charge in [0.1, 0.15) is 0 Å². The van der Waals surface area contributed by atoms with Crippen LogP contribution in [0.1, 0.15) is 12.5 Å². The summed E-state index contributed by atoms with van der Waals surface area (Å²) in [4.78, 5) is 1.03. The van der Waals surface area contributed by atoms with Crippen molar-refractivity contribution in [2.75, 3.05) is 0 Å². The number of benzene rings is 1. The Balaban J connectivity index is 3.03. The van der Waals surface area contributed by atoms with E-state index < -0.39 is 0 Å². The molecular weight excluding hydrogens is 140 g/mol. The molecule has 0 atom stereocenters. The molecule has 1 heteroatoms. The minimum atomic E-state index is 1.03. The summed E-state index contributed by atoms with van der Waals surface area (Å²) < 4.78 is 0. The zero-order valence-electron chi connectivity index (χ0n) is 5.91. The second kappa shape index (κ2) is 3.47. The highest BCUT2D eigenvalue weighted by molar-refractivity contribution is 7.80. The zero-order chi connectivity index (χ0) is 7.40. The predicted molar refractivity (Wildman–Crippen MR) is 48.4 cm³/mol. The molecule has 0 saturated carbocycles. The Hall–Kier alpha value is -0.690. The van der Waals surface area contributed by atoms with Gasteiger partial charge in [0.25, 0.3) is 0 Å². The minimum Gasteiger partial charge on any atom is -0.143 e. The first-order valence-corrected chi connectivity index (χ1v) is 3.70. The van der Waals surface area contributed by atoms with Crippen LogP contribution in [0.5, 0.6) is 0 Å². The molecule has 0 saturated heterocycles. The summed E-state index contributed by atoms with van der Waals surface area (Å²) in [5, 5.41) is 0. The first kappa shape index (κ1) is 7.42. The lowest BCUT2D eigenvalue weighted by atomic mass is 10.2. The van der Waals surface area contributed by atoms with Gasteiger partial charge in [-0.05, 0) is 18.6 Å². The van der Waals surface area contributed by atoms with Crippen LogP contribution in [0.2, 0.25) is 0 Å². The summed E-state index contributed by atoms with van der Waals surface area (Å²) in [5.41, 5.74) is 1.17. The van der Waals surface area contributed by atoms with Crippen molar-refractivity contribution in [3.63, 3.8) is 0 Å². The zero-order valence-corrected chi connectivity index (χ0v) is 6.81. The van der Waals surface area contributed by atoms with Gasteiger partial charge in [0.15, 0.2) is 0 Å². The average molecular weight is 150 g/mol. The Labute approximate surface area is 67.0 Å². The molecule has 52 valence electrons. The third-order valence-corrected chi connectivity index (χ3v) is 1.69. The maximum atomic E-state index is 4.28. The highest BCUT2D eigenvalue weighted by Crippen LogP contribution is 2.13. The topological polar surface area (TPSA) is 0 Å². The Morgan fingerprint density at radius 2 is 2.00 bits per heavy atom. The van der Waals surface area contributed by atoms with Gasteiger partial charge in [0, 0.05) is 4.90 Å². The molecule has 0 amide bonds. The standard InChI is InChI=1S/C9H10S/c1-2-5-8-6-3-4-7-9(8)10/h2-7,10H,1H3/b5-2-. The fourth-order valence-corrected chi connectivity index (χ4v) is 1.04. The first-order valence-electron chi connectivity index (χ1n) is 3.25. The molecule has 10 heavy (non-hydrogen) atoms. The Bertz CT molecular complexity index is 238. The monoisotopic (exact) mass is 150 g/mol. The van der Waals surface area contributed by atoms with E-state index >= 15 is 0 Å². The van der Waals surface area contributed by atoms with Crippen LogP contribution in [0, 0.1) is 0 Å². The van der Waals surface area contributed by atoms with E-state index in [0.29, 0.717) is 0 Å². The maximum Gasteiger partial charge on any atom is 0.0112 e. The highest BCUT2D eigenvalue weighted by atomic mass is 32.1. The van der Waals surface area contributed by atoms with E-state index in [9.17, 15) is 0 Å². The molecule has 0 unspecified atom stereocenters. The fraction of sp³-hybridized carbons (Fsp3) is 0.111. The fourth-order valence-electron chi connectivity index (χ4n) is 0.808. The highest BCUT2D eigenvalue weighted by Gasteiger charge is 1.88. The van der Waals surface area contributed by atoms with Gasteiger partial charge >= 0.3 is 0 Å². The molecule has 0 radical (unpaired) electrons. The summed E-state index contributed by atoms with van der Waals surface area (Å²) in [6, 6.07) is 8.02. The molecule has 0 nitrogen and oxygen atoms in total. The van der Waals surface area contributed by atoms with Crippen LogP contribution in [0.15, 0.2) is 35.2 Å². The number of thiol groups is 1. The molecule has 0 fully saturated rings. The van der Waals surface area contributed by atoms with Gasteiger partial charge in [-0.2, -0.15) is 0 Å². The van der Waals surface area contributed by atoms with Crippen molar-refractivity contribution in [3.05, 3.63) is 35.9 Å². The lowest BCUT2D eigenvalue weighted by Crippen LogP contribution is -1.72. The quantitative estimate of drug-likeness (QED) is 0.584. The van der Waals surface area contributed by atoms with Gasteiger partial charge in [0.05, 0.1) is 0 Å². The van der Waals surface area contributed by atoms with Gasteiger partial charge in [-0.25, -0.2) is 0 Å². The van der Waals surface area contributed by atoms with E-state index in [4.69, 9.17) is 0 Å². The van der Waals surface area contributed by atoms with E-state index in [1.807, 2.05) is 43.3 Å². The van der Waals surface area contributed by atoms with Gasteiger partial charge in [-0.15, -0.1) is 12.6 Å². The van der Waals surface area contributed by atoms with Crippen LogP contribution < -0.4 is 0 Å². The maximum absolute atomic E-state index is 4.28. The van der Waals surface area contributed by atoms with Crippen molar-refractivity contribution in [2.45, 2.75) is 11.8 Å². The Kier molecular flexibility index (Phi) is 2.57. The van der Waals surface area contributed by atoms with Gasteiger partial charge in [0.2, 0.25) is 0 Å². The largest absolute Gasteiger partial charge is 0.143 e. The van der Waals surface area contributed by atoms with E-state index in [-0.39, 0.29) is 0 Å². The molecule has 0 N–H and O–H groups in total. The van der Waals surface area contributed by atoms with Crippen molar-refractivity contribution >= 4 is 18.7 Å². The molecule has 0 aliphatic rings. The van der Waals surface area contributed by atoms with Gasteiger partial charge < -0.3 is 0 Å². The molecule has 0 spiro atoms. The summed E-state index contributed by atoms with van der Waals surface area (Å²) in [5.74, 6) is 0. The van der Waals surface area contributed by atoms with Crippen LogP contribution in [0.4, 0.5) is 0 Å². The van der Waals surface area contributed by atoms with Crippen molar-refractivity contribution < 1.29 is 0 Å². The van der Waals surface area contributed by atoms with Crippen LogP contribution >= 0.6 is 12.6 Å². The number of allylic oxidation sites excluding steroid dienone is 1. The lowest BCUT2D eigenvalue weighted by Gasteiger charge is -1.95. The number of hydrogen-bond donors (Lipinski definition) is 1. The molecule has 1 aromatic carbocycles.